The molecule has 2 aromatic rings. The molecule has 0 heterocycles. The number of rotatable bonds is 5. The minimum absolute atomic E-state index is 0.154. The Hall–Kier alpha value is -2.13. The van der Waals surface area contributed by atoms with Gasteiger partial charge in [-0.25, -0.2) is 0 Å². The van der Waals surface area contributed by atoms with Crippen LogP contribution in [0.1, 0.15) is 35.2 Å². The van der Waals surface area contributed by atoms with Gasteiger partial charge in [0.1, 0.15) is 6.04 Å². The summed E-state index contributed by atoms with van der Waals surface area (Å²) in [5.41, 5.74) is 10.3. The lowest BCUT2D eigenvalue weighted by atomic mass is 10.1. The van der Waals surface area contributed by atoms with E-state index < -0.39 is 6.04 Å². The van der Waals surface area contributed by atoms with Gasteiger partial charge < -0.3 is 11.1 Å². The molecule has 0 spiro atoms. The van der Waals surface area contributed by atoms with Crippen LogP contribution < -0.4 is 11.1 Å². The molecule has 21 heavy (non-hydrogen) atoms. The van der Waals surface area contributed by atoms with Gasteiger partial charge in [0.05, 0.1) is 0 Å². The molecule has 1 unspecified atom stereocenters. The Bertz CT molecular complexity index is 588. The molecular formula is C18H22N2O. The third-order valence-electron chi connectivity index (χ3n) is 3.62. The van der Waals surface area contributed by atoms with Crippen LogP contribution in [-0.2, 0) is 17.8 Å². The maximum Gasteiger partial charge on any atom is 0.241 e. The fraction of sp³-hybridized carbons (Fsp3) is 0.278. The third kappa shape index (κ3) is 4.17. The number of nitrogens with one attached hydrogen (secondary N) is 1. The zero-order chi connectivity index (χ0) is 15.2. The first kappa shape index (κ1) is 15.3. The largest absolute Gasteiger partial charge is 0.350 e. The molecule has 3 heteroatoms. The summed E-state index contributed by atoms with van der Waals surface area (Å²) in [6.45, 7) is 4.63. The average Bonchev–Trinajstić information content (AvgIpc) is 2.53. The van der Waals surface area contributed by atoms with Crippen LogP contribution in [0.15, 0.2) is 48.5 Å². The van der Waals surface area contributed by atoms with Gasteiger partial charge in [0.2, 0.25) is 5.91 Å². The standard InChI is InChI=1S/C18H22N2O/c1-3-14-6-8-15(9-7-14)12-20-18(21)17(19)16-10-4-13(2)5-11-16/h4-11,17H,3,12,19H2,1-2H3,(H,20,21). The summed E-state index contributed by atoms with van der Waals surface area (Å²) in [4.78, 5) is 12.1. The summed E-state index contributed by atoms with van der Waals surface area (Å²) in [7, 11) is 0. The molecule has 2 rings (SSSR count). The quantitative estimate of drug-likeness (QED) is 0.886. The average molecular weight is 282 g/mol. The monoisotopic (exact) mass is 282 g/mol. The molecule has 1 amide bonds. The molecular weight excluding hydrogens is 260 g/mol. The van der Waals surface area contributed by atoms with Crippen LogP contribution in [-0.4, -0.2) is 5.91 Å². The number of carbonyl (C=O) groups excluding carboxylic acids is 1. The van der Waals surface area contributed by atoms with E-state index in [0.717, 1.165) is 23.1 Å². The van der Waals surface area contributed by atoms with E-state index in [4.69, 9.17) is 5.73 Å². The van der Waals surface area contributed by atoms with Crippen LogP contribution in [0, 0.1) is 6.92 Å². The maximum atomic E-state index is 12.1. The van der Waals surface area contributed by atoms with E-state index in [-0.39, 0.29) is 5.91 Å². The SMILES string of the molecule is CCc1ccc(CNC(=O)C(N)c2ccc(C)cc2)cc1. The van der Waals surface area contributed by atoms with E-state index in [9.17, 15) is 4.79 Å². The van der Waals surface area contributed by atoms with Crippen molar-refractivity contribution in [3.05, 3.63) is 70.8 Å². The van der Waals surface area contributed by atoms with Crippen molar-refractivity contribution in [3.8, 4) is 0 Å². The van der Waals surface area contributed by atoms with Crippen molar-refractivity contribution in [2.45, 2.75) is 32.9 Å². The molecule has 0 fully saturated rings. The van der Waals surface area contributed by atoms with E-state index >= 15 is 0 Å². The van der Waals surface area contributed by atoms with Crippen LogP contribution in [0.5, 0.6) is 0 Å². The summed E-state index contributed by atoms with van der Waals surface area (Å²) in [6.07, 6.45) is 1.02. The Balaban J connectivity index is 1.92. The van der Waals surface area contributed by atoms with Gasteiger partial charge in [-0.05, 0) is 30.0 Å². The molecule has 0 aromatic heterocycles. The molecule has 0 radical (unpaired) electrons. The molecule has 1 atom stereocenters. The van der Waals surface area contributed by atoms with E-state index in [1.807, 2.05) is 43.3 Å². The van der Waals surface area contributed by atoms with Crippen LogP contribution >= 0.6 is 0 Å². The van der Waals surface area contributed by atoms with Crippen LogP contribution in [0.3, 0.4) is 0 Å². The van der Waals surface area contributed by atoms with Crippen LogP contribution in [0.4, 0.5) is 0 Å². The van der Waals surface area contributed by atoms with E-state index in [1.54, 1.807) is 0 Å². The van der Waals surface area contributed by atoms with Gasteiger partial charge in [-0.15, -0.1) is 0 Å². The molecule has 110 valence electrons. The molecule has 0 aliphatic carbocycles. The molecule has 0 saturated carbocycles. The van der Waals surface area contributed by atoms with Crippen molar-refractivity contribution >= 4 is 5.91 Å². The Kier molecular flexibility index (Phi) is 5.12. The lowest BCUT2D eigenvalue weighted by Gasteiger charge is -2.13. The zero-order valence-corrected chi connectivity index (χ0v) is 12.6. The predicted molar refractivity (Wildman–Crippen MR) is 85.8 cm³/mol. The van der Waals surface area contributed by atoms with Gasteiger partial charge >= 0.3 is 0 Å². The first-order chi connectivity index (χ1) is 10.1. The van der Waals surface area contributed by atoms with Gasteiger partial charge in [-0.3, -0.25) is 4.79 Å². The summed E-state index contributed by atoms with van der Waals surface area (Å²) in [5, 5.41) is 2.89. The van der Waals surface area contributed by atoms with Crippen molar-refractivity contribution in [3.63, 3.8) is 0 Å². The number of nitrogens with two attached hydrogens (primary N) is 1. The highest BCUT2D eigenvalue weighted by molar-refractivity contribution is 5.82. The number of carbonyl (C=O) groups is 1. The van der Waals surface area contributed by atoms with Gasteiger partial charge in [-0.1, -0.05) is 61.0 Å². The second-order valence-electron chi connectivity index (χ2n) is 5.28. The Morgan fingerprint density at radius 3 is 2.19 bits per heavy atom. The maximum absolute atomic E-state index is 12.1. The molecule has 3 N–H and O–H groups in total. The lowest BCUT2D eigenvalue weighted by molar-refractivity contribution is -0.122. The minimum Gasteiger partial charge on any atom is -0.350 e. The molecule has 2 aromatic carbocycles. The van der Waals surface area contributed by atoms with Crippen molar-refractivity contribution < 1.29 is 4.79 Å². The van der Waals surface area contributed by atoms with E-state index in [1.165, 1.54) is 5.56 Å². The normalized spacial score (nSPS) is 12.0. The van der Waals surface area contributed by atoms with E-state index in [2.05, 4.69) is 24.4 Å². The Morgan fingerprint density at radius 1 is 1.05 bits per heavy atom. The summed E-state index contributed by atoms with van der Waals surface area (Å²) >= 11 is 0. The summed E-state index contributed by atoms with van der Waals surface area (Å²) < 4.78 is 0. The van der Waals surface area contributed by atoms with Gasteiger partial charge in [0.15, 0.2) is 0 Å². The predicted octanol–water partition coefficient (Wildman–Crippen LogP) is 2.87. The van der Waals surface area contributed by atoms with Crippen molar-refractivity contribution in [2.75, 3.05) is 0 Å². The second kappa shape index (κ2) is 7.04. The topological polar surface area (TPSA) is 55.1 Å². The van der Waals surface area contributed by atoms with Gasteiger partial charge in [-0.2, -0.15) is 0 Å². The molecule has 0 aliphatic rings. The summed E-state index contributed by atoms with van der Waals surface area (Å²) in [6, 6.07) is 15.3. The minimum atomic E-state index is -0.625. The van der Waals surface area contributed by atoms with Crippen molar-refractivity contribution in [1.82, 2.24) is 5.32 Å². The van der Waals surface area contributed by atoms with Crippen LogP contribution in [0.25, 0.3) is 0 Å². The van der Waals surface area contributed by atoms with E-state index in [0.29, 0.717) is 6.54 Å². The number of aryl methyl sites for hydroxylation is 2. The highest BCUT2D eigenvalue weighted by Crippen LogP contribution is 2.12. The molecule has 0 aliphatic heterocycles. The Labute approximate surface area is 126 Å². The highest BCUT2D eigenvalue weighted by Gasteiger charge is 2.14. The number of hydrogen-bond acceptors (Lipinski definition) is 2. The number of amides is 1. The zero-order valence-electron chi connectivity index (χ0n) is 12.6. The summed E-state index contributed by atoms with van der Waals surface area (Å²) in [5.74, 6) is -0.154. The molecule has 0 saturated heterocycles. The second-order valence-corrected chi connectivity index (χ2v) is 5.28. The molecule has 3 nitrogen and oxygen atoms in total. The highest BCUT2D eigenvalue weighted by atomic mass is 16.2. The first-order valence-corrected chi connectivity index (χ1v) is 7.28. The van der Waals surface area contributed by atoms with Crippen LogP contribution in [0.2, 0.25) is 0 Å². The first-order valence-electron chi connectivity index (χ1n) is 7.28. The molecule has 0 bridgehead atoms. The smallest absolute Gasteiger partial charge is 0.241 e. The third-order valence-corrected chi connectivity index (χ3v) is 3.62. The fourth-order valence-electron chi connectivity index (χ4n) is 2.12. The number of hydrogen-bond donors (Lipinski definition) is 2. The number of benzene rings is 2. The lowest BCUT2D eigenvalue weighted by Crippen LogP contribution is -2.33. The van der Waals surface area contributed by atoms with Gasteiger partial charge in [0, 0.05) is 6.54 Å². The van der Waals surface area contributed by atoms with Gasteiger partial charge in [0.25, 0.3) is 0 Å². The fourth-order valence-corrected chi connectivity index (χ4v) is 2.12. The van der Waals surface area contributed by atoms with Crippen molar-refractivity contribution in [1.29, 1.82) is 0 Å². The Morgan fingerprint density at radius 2 is 1.62 bits per heavy atom. The van der Waals surface area contributed by atoms with Crippen molar-refractivity contribution in [2.24, 2.45) is 5.73 Å².